The highest BCUT2D eigenvalue weighted by Crippen LogP contribution is 2.54. The number of benzene rings is 1. The van der Waals surface area contributed by atoms with E-state index in [1.54, 1.807) is 24.3 Å². The summed E-state index contributed by atoms with van der Waals surface area (Å²) in [7, 11) is 0. The maximum atomic E-state index is 13.7. The van der Waals surface area contributed by atoms with Crippen molar-refractivity contribution in [2.24, 2.45) is 0 Å². The van der Waals surface area contributed by atoms with Crippen LogP contribution in [0.3, 0.4) is 0 Å². The second-order valence-corrected chi connectivity index (χ2v) is 6.39. The molecule has 1 aromatic carbocycles. The molecule has 6 heteroatoms. The van der Waals surface area contributed by atoms with Gasteiger partial charge in [-0.3, -0.25) is 9.59 Å². The summed E-state index contributed by atoms with van der Waals surface area (Å²) < 4.78 is 40.8. The van der Waals surface area contributed by atoms with Crippen molar-refractivity contribution in [3.05, 3.63) is 123 Å². The van der Waals surface area contributed by atoms with Gasteiger partial charge in [0.05, 0.1) is 6.57 Å². The molecule has 0 amide bonds. The number of nitrogens with zero attached hydrogens (tertiary/aromatic N) is 1. The van der Waals surface area contributed by atoms with Crippen LogP contribution in [0.1, 0.15) is 5.56 Å². The van der Waals surface area contributed by atoms with Crippen molar-refractivity contribution >= 4 is 17.3 Å². The summed E-state index contributed by atoms with van der Waals surface area (Å²) in [6.45, 7) is 7.54. The van der Waals surface area contributed by atoms with Crippen molar-refractivity contribution in [3.63, 3.8) is 0 Å². The molecule has 0 radical (unpaired) electrons. The summed E-state index contributed by atoms with van der Waals surface area (Å²) >= 11 is 0. The zero-order valence-electron chi connectivity index (χ0n) is 14.7. The van der Waals surface area contributed by atoms with Gasteiger partial charge in [0, 0.05) is 0 Å². The molecule has 0 spiro atoms. The molecule has 0 aliphatic heterocycles. The maximum Gasteiger partial charge on any atom is 0.202 e. The minimum atomic E-state index is -1.61. The van der Waals surface area contributed by atoms with E-state index >= 15 is 0 Å². The highest BCUT2D eigenvalue weighted by Gasteiger charge is 2.38. The van der Waals surface area contributed by atoms with Crippen LogP contribution < -0.4 is 0 Å². The summed E-state index contributed by atoms with van der Waals surface area (Å²) in [5, 5.41) is 0. The standard InChI is InChI=1S/C23H10F3NO2/c1-27-23(14-10-17(24)22(26)18(25)11-14)21-19(12-2-6-15(28)7-3-12)20(21)13-4-8-16(29)9-5-13/h2-11H. The van der Waals surface area contributed by atoms with Gasteiger partial charge in [-0.25, -0.2) is 18.0 Å². The first kappa shape index (κ1) is 18.4. The lowest BCUT2D eigenvalue weighted by atomic mass is 10.1. The molecule has 4 rings (SSSR count). The van der Waals surface area contributed by atoms with Crippen molar-refractivity contribution in [2.45, 2.75) is 0 Å². The number of carbonyl (C=O) groups excluding carboxylic acids is 2. The average Bonchev–Trinajstić information content (AvgIpc) is 3.43. The Morgan fingerprint density at radius 1 is 0.724 bits per heavy atom. The van der Waals surface area contributed by atoms with Gasteiger partial charge in [-0.1, -0.05) is 24.3 Å². The summed E-state index contributed by atoms with van der Waals surface area (Å²) in [4.78, 5) is 26.3. The summed E-state index contributed by atoms with van der Waals surface area (Å²) in [5.41, 5.74) is 2.82. The molecule has 0 bridgehead atoms. The Bertz CT molecular complexity index is 1140. The van der Waals surface area contributed by atoms with Crippen LogP contribution >= 0.6 is 0 Å². The van der Waals surface area contributed by atoms with E-state index in [0.29, 0.717) is 27.9 Å². The Labute approximate surface area is 163 Å². The second-order valence-electron chi connectivity index (χ2n) is 6.39. The number of rotatable bonds is 1. The van der Waals surface area contributed by atoms with E-state index in [9.17, 15) is 22.8 Å². The molecule has 3 aliphatic carbocycles. The van der Waals surface area contributed by atoms with E-state index in [2.05, 4.69) is 4.85 Å². The molecular formula is C23H10F3NO2. The monoisotopic (exact) mass is 389 g/mol. The fraction of sp³-hybridized carbons (Fsp3) is 0. The Kier molecular flexibility index (Phi) is 4.36. The molecule has 0 heterocycles. The van der Waals surface area contributed by atoms with Crippen LogP contribution in [-0.4, -0.2) is 11.6 Å². The van der Waals surface area contributed by atoms with E-state index in [4.69, 9.17) is 6.57 Å². The van der Waals surface area contributed by atoms with E-state index in [-0.39, 0.29) is 22.8 Å². The smallest absolute Gasteiger partial charge is 0.202 e. The lowest BCUT2D eigenvalue weighted by Crippen LogP contribution is -1.93. The van der Waals surface area contributed by atoms with Crippen LogP contribution in [-0.2, 0) is 9.59 Å². The van der Waals surface area contributed by atoms with Crippen molar-refractivity contribution in [1.82, 2.24) is 0 Å². The first-order valence-electron chi connectivity index (χ1n) is 8.47. The van der Waals surface area contributed by atoms with Gasteiger partial charge in [0.15, 0.2) is 29.0 Å². The lowest BCUT2D eigenvalue weighted by Gasteiger charge is -2.01. The Balaban J connectivity index is 1.98. The second kappa shape index (κ2) is 6.88. The van der Waals surface area contributed by atoms with Gasteiger partial charge in [-0.15, -0.1) is 0 Å². The molecular weight excluding hydrogens is 379 g/mol. The average molecular weight is 389 g/mol. The minimum absolute atomic E-state index is 0.0507. The first-order chi connectivity index (χ1) is 13.9. The van der Waals surface area contributed by atoms with Gasteiger partial charge in [0.1, 0.15) is 0 Å². The third-order valence-electron chi connectivity index (χ3n) is 4.58. The molecule has 1 fully saturated rings. The van der Waals surface area contributed by atoms with Crippen molar-refractivity contribution in [2.75, 3.05) is 0 Å². The summed E-state index contributed by atoms with van der Waals surface area (Å²) in [6.07, 6.45) is 11.8. The number of carbonyl (C=O) groups is 2. The fourth-order valence-electron chi connectivity index (χ4n) is 3.20. The zero-order chi connectivity index (χ0) is 20.7. The molecule has 0 saturated heterocycles. The molecule has 3 nitrogen and oxygen atoms in total. The third kappa shape index (κ3) is 3.23. The van der Waals surface area contributed by atoms with Crippen molar-refractivity contribution in [1.29, 1.82) is 0 Å². The van der Waals surface area contributed by atoms with Gasteiger partial charge < -0.3 is 0 Å². The predicted molar refractivity (Wildman–Crippen MR) is 100 cm³/mol. The van der Waals surface area contributed by atoms with Gasteiger partial charge in [-0.2, -0.15) is 0 Å². The number of halogens is 3. The number of hydrogen-bond acceptors (Lipinski definition) is 2. The van der Waals surface area contributed by atoms with Gasteiger partial charge >= 0.3 is 0 Å². The van der Waals surface area contributed by atoms with Gasteiger partial charge in [0.25, 0.3) is 0 Å². The third-order valence-corrected chi connectivity index (χ3v) is 4.58. The lowest BCUT2D eigenvalue weighted by molar-refractivity contribution is -0.111. The van der Waals surface area contributed by atoms with Gasteiger partial charge in [-0.05, 0) is 69.9 Å². The summed E-state index contributed by atoms with van der Waals surface area (Å²) in [5.74, 6) is -4.77. The van der Waals surface area contributed by atoms with Crippen LogP contribution in [0.4, 0.5) is 13.2 Å². The number of ketones is 2. The molecule has 3 aliphatic rings. The number of allylic oxidation sites excluding steroid dienone is 13. The van der Waals surface area contributed by atoms with Crippen LogP contribution in [0.25, 0.3) is 10.5 Å². The number of hydrogen-bond donors (Lipinski definition) is 0. The van der Waals surface area contributed by atoms with Crippen LogP contribution in [0.2, 0.25) is 0 Å². The SMILES string of the molecule is [C-]#[N+]C(=C1C(=C2C=CC(=O)C=C2)C1=C1C=CC(=O)C=C1)c1cc(F)c(F)c(F)c1. The highest BCUT2D eigenvalue weighted by molar-refractivity contribution is 6.05. The largest absolute Gasteiger partial charge is 0.290 e. The quantitative estimate of drug-likeness (QED) is 0.515. The molecule has 0 aromatic heterocycles. The molecule has 0 unspecified atom stereocenters. The molecule has 1 saturated carbocycles. The van der Waals surface area contributed by atoms with E-state index < -0.39 is 17.5 Å². The van der Waals surface area contributed by atoms with E-state index in [1.807, 2.05) is 0 Å². The Morgan fingerprint density at radius 3 is 1.52 bits per heavy atom. The Morgan fingerprint density at radius 2 is 1.14 bits per heavy atom. The molecule has 1 aromatic rings. The minimum Gasteiger partial charge on any atom is -0.290 e. The van der Waals surface area contributed by atoms with E-state index in [0.717, 1.165) is 12.1 Å². The maximum absolute atomic E-state index is 13.7. The fourth-order valence-corrected chi connectivity index (χ4v) is 3.20. The van der Waals surface area contributed by atoms with Crippen LogP contribution in [0.15, 0.2) is 88.6 Å². The first-order valence-corrected chi connectivity index (χ1v) is 8.47. The topological polar surface area (TPSA) is 38.5 Å². The molecule has 0 atom stereocenters. The molecule has 29 heavy (non-hydrogen) atoms. The van der Waals surface area contributed by atoms with Crippen LogP contribution in [0.5, 0.6) is 0 Å². The zero-order valence-corrected chi connectivity index (χ0v) is 14.7. The molecule has 140 valence electrons. The van der Waals surface area contributed by atoms with Gasteiger partial charge in [0.2, 0.25) is 5.70 Å². The van der Waals surface area contributed by atoms with Crippen LogP contribution in [0, 0.1) is 24.0 Å². The highest BCUT2D eigenvalue weighted by atomic mass is 19.2. The Hall–Kier alpha value is -3.98. The normalized spacial score (nSPS) is 17.4. The van der Waals surface area contributed by atoms with E-state index in [1.165, 1.54) is 24.3 Å². The molecule has 0 N–H and O–H groups in total. The summed E-state index contributed by atoms with van der Waals surface area (Å²) in [6, 6.07) is 1.54. The predicted octanol–water partition coefficient (Wildman–Crippen LogP) is 4.73. The van der Waals surface area contributed by atoms with Crippen molar-refractivity contribution in [3.8, 4) is 0 Å². The van der Waals surface area contributed by atoms with Crippen molar-refractivity contribution < 1.29 is 22.8 Å².